The molecule has 0 fully saturated rings. The van der Waals surface area contributed by atoms with Crippen LogP contribution in [0.4, 0.5) is 0 Å². The molecule has 2 rings (SSSR count). The van der Waals surface area contributed by atoms with Crippen LogP contribution in [0.3, 0.4) is 0 Å². The highest BCUT2D eigenvalue weighted by molar-refractivity contribution is 5.85. The van der Waals surface area contributed by atoms with Crippen LogP contribution >= 0.6 is 0 Å². The van der Waals surface area contributed by atoms with Crippen molar-refractivity contribution in [2.75, 3.05) is 6.54 Å². The molecule has 0 aliphatic rings. The molecule has 0 atom stereocenters. The molecule has 0 aliphatic heterocycles. The Hall–Kier alpha value is -2.20. The standard InChI is InChI=1S/C16H18N2O2/c1-12-4-2-5-13(10-12)8-9-17-11-14-6-3-7-15(18-14)16(19)20/h2-7,10,17H,8-9,11H2,1H3,(H,19,20). The van der Waals surface area contributed by atoms with Crippen molar-refractivity contribution in [1.82, 2.24) is 10.3 Å². The number of aromatic carboxylic acids is 1. The molecule has 0 radical (unpaired) electrons. The first kappa shape index (κ1) is 14.2. The lowest BCUT2D eigenvalue weighted by atomic mass is 10.1. The Morgan fingerprint density at radius 2 is 2.05 bits per heavy atom. The molecule has 0 saturated carbocycles. The number of pyridine rings is 1. The van der Waals surface area contributed by atoms with Gasteiger partial charge in [-0.05, 0) is 37.6 Å². The summed E-state index contributed by atoms with van der Waals surface area (Å²) in [4.78, 5) is 14.9. The minimum absolute atomic E-state index is 0.0861. The van der Waals surface area contributed by atoms with E-state index in [1.807, 2.05) is 6.07 Å². The van der Waals surface area contributed by atoms with Crippen molar-refractivity contribution >= 4 is 5.97 Å². The molecule has 104 valence electrons. The van der Waals surface area contributed by atoms with Crippen molar-refractivity contribution in [3.05, 3.63) is 65.0 Å². The Morgan fingerprint density at radius 3 is 2.80 bits per heavy atom. The number of nitrogens with zero attached hydrogens (tertiary/aromatic N) is 1. The fourth-order valence-electron chi connectivity index (χ4n) is 2.01. The van der Waals surface area contributed by atoms with Crippen LogP contribution in [-0.2, 0) is 13.0 Å². The SMILES string of the molecule is Cc1cccc(CCNCc2cccc(C(=O)O)n2)c1. The van der Waals surface area contributed by atoms with Crippen LogP contribution in [0.1, 0.15) is 27.3 Å². The maximum absolute atomic E-state index is 10.8. The van der Waals surface area contributed by atoms with E-state index in [4.69, 9.17) is 5.11 Å². The minimum atomic E-state index is -0.994. The van der Waals surface area contributed by atoms with E-state index < -0.39 is 5.97 Å². The molecule has 20 heavy (non-hydrogen) atoms. The van der Waals surface area contributed by atoms with E-state index in [0.717, 1.165) is 18.7 Å². The molecule has 0 saturated heterocycles. The van der Waals surface area contributed by atoms with Crippen LogP contribution < -0.4 is 5.32 Å². The zero-order valence-corrected chi connectivity index (χ0v) is 11.5. The summed E-state index contributed by atoms with van der Waals surface area (Å²) >= 11 is 0. The summed E-state index contributed by atoms with van der Waals surface area (Å²) in [6, 6.07) is 13.5. The van der Waals surface area contributed by atoms with Crippen molar-refractivity contribution in [2.24, 2.45) is 0 Å². The van der Waals surface area contributed by atoms with Gasteiger partial charge < -0.3 is 10.4 Å². The highest BCUT2D eigenvalue weighted by Gasteiger charge is 2.04. The van der Waals surface area contributed by atoms with Crippen LogP contribution in [0.15, 0.2) is 42.5 Å². The number of hydrogen-bond acceptors (Lipinski definition) is 3. The van der Waals surface area contributed by atoms with E-state index in [9.17, 15) is 4.79 Å². The molecule has 0 aliphatic carbocycles. The second-order valence-corrected chi connectivity index (χ2v) is 4.74. The Morgan fingerprint density at radius 1 is 1.25 bits per heavy atom. The van der Waals surface area contributed by atoms with Gasteiger partial charge in [0.2, 0.25) is 0 Å². The third-order valence-corrected chi connectivity index (χ3v) is 3.00. The number of aryl methyl sites for hydroxylation is 1. The molecule has 0 unspecified atom stereocenters. The largest absolute Gasteiger partial charge is 0.477 e. The van der Waals surface area contributed by atoms with Gasteiger partial charge in [0.1, 0.15) is 5.69 Å². The van der Waals surface area contributed by atoms with E-state index in [1.165, 1.54) is 17.2 Å². The Balaban J connectivity index is 1.81. The summed E-state index contributed by atoms with van der Waals surface area (Å²) in [6.45, 7) is 3.49. The third kappa shape index (κ3) is 4.17. The normalized spacial score (nSPS) is 10.4. The van der Waals surface area contributed by atoms with Gasteiger partial charge >= 0.3 is 5.97 Å². The fraction of sp³-hybridized carbons (Fsp3) is 0.250. The first-order chi connectivity index (χ1) is 9.65. The zero-order valence-electron chi connectivity index (χ0n) is 11.5. The minimum Gasteiger partial charge on any atom is -0.477 e. The van der Waals surface area contributed by atoms with E-state index in [2.05, 4.69) is 41.5 Å². The maximum atomic E-state index is 10.8. The number of carbonyl (C=O) groups is 1. The number of carboxylic acids is 1. The van der Waals surface area contributed by atoms with E-state index in [-0.39, 0.29) is 5.69 Å². The number of hydrogen-bond donors (Lipinski definition) is 2. The lowest BCUT2D eigenvalue weighted by Crippen LogP contribution is -2.18. The van der Waals surface area contributed by atoms with Gasteiger partial charge in [-0.2, -0.15) is 0 Å². The predicted octanol–water partition coefficient (Wildman–Crippen LogP) is 2.42. The van der Waals surface area contributed by atoms with Gasteiger partial charge in [-0.25, -0.2) is 9.78 Å². The van der Waals surface area contributed by atoms with Gasteiger partial charge in [0.15, 0.2) is 0 Å². The van der Waals surface area contributed by atoms with Crippen LogP contribution in [0.5, 0.6) is 0 Å². The van der Waals surface area contributed by atoms with Gasteiger partial charge in [0, 0.05) is 6.54 Å². The molecule has 1 aromatic heterocycles. The average molecular weight is 270 g/mol. The molecule has 0 spiro atoms. The molecular weight excluding hydrogens is 252 g/mol. The second kappa shape index (κ2) is 6.82. The third-order valence-electron chi connectivity index (χ3n) is 3.00. The summed E-state index contributed by atoms with van der Waals surface area (Å²) in [6.07, 6.45) is 0.945. The number of benzene rings is 1. The van der Waals surface area contributed by atoms with Gasteiger partial charge in [-0.1, -0.05) is 35.9 Å². The second-order valence-electron chi connectivity index (χ2n) is 4.74. The van der Waals surface area contributed by atoms with E-state index in [1.54, 1.807) is 6.07 Å². The first-order valence-corrected chi connectivity index (χ1v) is 6.60. The van der Waals surface area contributed by atoms with Crippen molar-refractivity contribution in [3.8, 4) is 0 Å². The lowest BCUT2D eigenvalue weighted by Gasteiger charge is -2.06. The van der Waals surface area contributed by atoms with E-state index >= 15 is 0 Å². The van der Waals surface area contributed by atoms with Crippen LogP contribution in [0.2, 0.25) is 0 Å². The predicted molar refractivity (Wildman–Crippen MR) is 77.8 cm³/mol. The van der Waals surface area contributed by atoms with Crippen molar-refractivity contribution in [3.63, 3.8) is 0 Å². The first-order valence-electron chi connectivity index (χ1n) is 6.60. The lowest BCUT2D eigenvalue weighted by molar-refractivity contribution is 0.0690. The number of rotatable bonds is 6. The smallest absolute Gasteiger partial charge is 0.354 e. The summed E-state index contributed by atoms with van der Waals surface area (Å²) in [5.74, 6) is -0.994. The highest BCUT2D eigenvalue weighted by atomic mass is 16.4. The molecule has 1 heterocycles. The fourth-order valence-corrected chi connectivity index (χ4v) is 2.01. The summed E-state index contributed by atoms with van der Waals surface area (Å²) in [5.41, 5.74) is 3.39. The number of aromatic nitrogens is 1. The average Bonchev–Trinajstić information content (AvgIpc) is 2.44. The summed E-state index contributed by atoms with van der Waals surface area (Å²) in [5, 5.41) is 12.2. The molecular formula is C16H18N2O2. The Bertz CT molecular complexity index is 597. The molecule has 4 heteroatoms. The van der Waals surface area contributed by atoms with Crippen molar-refractivity contribution < 1.29 is 9.90 Å². The molecule has 2 N–H and O–H groups in total. The number of nitrogens with one attached hydrogen (secondary N) is 1. The Labute approximate surface area is 118 Å². The van der Waals surface area contributed by atoms with Crippen molar-refractivity contribution in [1.29, 1.82) is 0 Å². The molecule has 1 aromatic carbocycles. The topological polar surface area (TPSA) is 62.2 Å². The molecule has 4 nitrogen and oxygen atoms in total. The monoisotopic (exact) mass is 270 g/mol. The van der Waals surface area contributed by atoms with Crippen LogP contribution in [0.25, 0.3) is 0 Å². The maximum Gasteiger partial charge on any atom is 0.354 e. The van der Waals surface area contributed by atoms with Crippen molar-refractivity contribution in [2.45, 2.75) is 19.9 Å². The summed E-state index contributed by atoms with van der Waals surface area (Å²) < 4.78 is 0. The van der Waals surface area contributed by atoms with Gasteiger partial charge in [0.25, 0.3) is 0 Å². The zero-order chi connectivity index (χ0) is 14.4. The quantitative estimate of drug-likeness (QED) is 0.791. The molecule has 0 bridgehead atoms. The highest BCUT2D eigenvalue weighted by Crippen LogP contribution is 2.04. The van der Waals surface area contributed by atoms with Gasteiger partial charge in [0.05, 0.1) is 5.69 Å². The summed E-state index contributed by atoms with van der Waals surface area (Å²) in [7, 11) is 0. The van der Waals surface area contributed by atoms with Gasteiger partial charge in [-0.3, -0.25) is 0 Å². The molecule has 0 amide bonds. The van der Waals surface area contributed by atoms with Crippen LogP contribution in [0, 0.1) is 6.92 Å². The van der Waals surface area contributed by atoms with Crippen LogP contribution in [-0.4, -0.2) is 22.6 Å². The Kier molecular flexibility index (Phi) is 4.85. The molecule has 2 aromatic rings. The van der Waals surface area contributed by atoms with Gasteiger partial charge in [-0.15, -0.1) is 0 Å². The number of carboxylic acid groups (broad SMARTS) is 1. The van der Waals surface area contributed by atoms with E-state index in [0.29, 0.717) is 6.54 Å².